The highest BCUT2D eigenvalue weighted by Crippen LogP contribution is 2.33. The van der Waals surface area contributed by atoms with E-state index in [1.807, 2.05) is 82.4 Å². The topological polar surface area (TPSA) is 118 Å². The van der Waals surface area contributed by atoms with Gasteiger partial charge in [-0.05, 0) is 49.5 Å². The molecule has 232 valence electrons. The second kappa shape index (κ2) is 13.5. The van der Waals surface area contributed by atoms with Gasteiger partial charge in [-0.2, -0.15) is 10.2 Å². The van der Waals surface area contributed by atoms with Crippen LogP contribution in [0.1, 0.15) is 34.6 Å². The van der Waals surface area contributed by atoms with Crippen LogP contribution in [0.3, 0.4) is 0 Å². The first kappa shape index (κ1) is 30.3. The quantitative estimate of drug-likeness (QED) is 0.283. The molecule has 6 rings (SSSR count). The van der Waals surface area contributed by atoms with E-state index < -0.39 is 12.1 Å². The van der Waals surface area contributed by atoms with Crippen molar-refractivity contribution in [3.8, 4) is 11.4 Å². The summed E-state index contributed by atoms with van der Waals surface area (Å²) < 4.78 is 3.72. The van der Waals surface area contributed by atoms with Crippen molar-refractivity contribution < 1.29 is 4.79 Å². The molecule has 11 nitrogen and oxygen atoms in total. The first-order chi connectivity index (χ1) is 21.5. The molecule has 0 amide bonds. The van der Waals surface area contributed by atoms with E-state index in [0.29, 0.717) is 13.1 Å². The van der Waals surface area contributed by atoms with E-state index in [9.17, 15) is 0 Å². The Hall–Kier alpha value is -3.71. The van der Waals surface area contributed by atoms with Crippen LogP contribution in [0.2, 0.25) is 0 Å². The van der Waals surface area contributed by atoms with E-state index >= 15 is 4.79 Å². The second-order valence-electron chi connectivity index (χ2n) is 11.9. The van der Waals surface area contributed by atoms with E-state index in [-0.39, 0.29) is 5.78 Å². The van der Waals surface area contributed by atoms with E-state index in [0.717, 1.165) is 86.2 Å². The molecule has 2 unspecified atom stereocenters. The first-order valence-corrected chi connectivity index (χ1v) is 15.5. The lowest BCUT2D eigenvalue weighted by Crippen LogP contribution is -2.52. The smallest absolute Gasteiger partial charge is 0.179 e. The number of nitrogens with two attached hydrogens (primary N) is 2. The molecule has 2 aliphatic rings. The van der Waals surface area contributed by atoms with Crippen LogP contribution in [0, 0.1) is 0 Å². The Balaban J connectivity index is 1.40. The van der Waals surface area contributed by atoms with Gasteiger partial charge in [0.05, 0.1) is 22.8 Å². The minimum Gasteiger partial charge on any atom is -0.326 e. The molecule has 44 heavy (non-hydrogen) atoms. The highest BCUT2D eigenvalue weighted by atomic mass is 16.1. The molecule has 4 aromatic rings. The zero-order valence-electron chi connectivity index (χ0n) is 25.8. The highest BCUT2D eigenvalue weighted by molar-refractivity contribution is 5.90. The average molecular weight is 597 g/mol. The van der Waals surface area contributed by atoms with Gasteiger partial charge in [0.25, 0.3) is 0 Å². The summed E-state index contributed by atoms with van der Waals surface area (Å²) in [5, 5.41) is 10.1. The lowest BCUT2D eigenvalue weighted by molar-refractivity contribution is -0.132. The molecule has 2 aliphatic heterocycles. The minimum atomic E-state index is -0.513. The SMILES string of the molecule is CN1CCN(C(C(=O)C(c2ccn(-c3ccccc3CN)n2)N2CCN(C)CC2)c2ccn(-c3ccccc3CN)n2)CC1. The number of hydrogen-bond acceptors (Lipinski definition) is 9. The van der Waals surface area contributed by atoms with Crippen LogP contribution in [0.15, 0.2) is 73.1 Å². The van der Waals surface area contributed by atoms with Crippen molar-refractivity contribution in [2.45, 2.75) is 25.2 Å². The third-order valence-corrected chi connectivity index (χ3v) is 9.04. The summed E-state index contributed by atoms with van der Waals surface area (Å²) in [7, 11) is 4.26. The summed E-state index contributed by atoms with van der Waals surface area (Å²) in [6, 6.07) is 19.0. The van der Waals surface area contributed by atoms with Gasteiger partial charge in [-0.1, -0.05) is 36.4 Å². The number of aromatic nitrogens is 4. The fourth-order valence-corrected chi connectivity index (χ4v) is 6.39. The number of carbonyl (C=O) groups is 1. The maximum absolute atomic E-state index is 15.1. The summed E-state index contributed by atoms with van der Waals surface area (Å²) >= 11 is 0. The minimum absolute atomic E-state index is 0.105. The zero-order chi connectivity index (χ0) is 30.6. The molecule has 0 aliphatic carbocycles. The molecule has 4 N–H and O–H groups in total. The fourth-order valence-electron chi connectivity index (χ4n) is 6.39. The molecular weight excluding hydrogens is 552 g/mol. The van der Waals surface area contributed by atoms with Gasteiger partial charge in [-0.15, -0.1) is 0 Å². The number of nitrogens with zero attached hydrogens (tertiary/aromatic N) is 8. The van der Waals surface area contributed by atoms with Crippen LogP contribution in [0.5, 0.6) is 0 Å². The number of benzene rings is 2. The molecule has 2 aromatic heterocycles. The number of para-hydroxylation sites is 2. The van der Waals surface area contributed by atoms with E-state index in [1.54, 1.807) is 0 Å². The van der Waals surface area contributed by atoms with Crippen LogP contribution in [0.4, 0.5) is 0 Å². The number of rotatable bonds is 10. The van der Waals surface area contributed by atoms with Crippen molar-refractivity contribution in [1.82, 2.24) is 39.2 Å². The van der Waals surface area contributed by atoms with Crippen molar-refractivity contribution >= 4 is 5.78 Å². The van der Waals surface area contributed by atoms with Crippen LogP contribution in [-0.4, -0.2) is 111 Å². The van der Waals surface area contributed by atoms with E-state index in [2.05, 4.69) is 33.7 Å². The van der Waals surface area contributed by atoms with Crippen LogP contribution in [0.25, 0.3) is 11.4 Å². The Morgan fingerprint density at radius 2 is 1.02 bits per heavy atom. The zero-order valence-corrected chi connectivity index (χ0v) is 25.8. The molecule has 4 heterocycles. The van der Waals surface area contributed by atoms with Crippen molar-refractivity contribution in [3.63, 3.8) is 0 Å². The van der Waals surface area contributed by atoms with Crippen LogP contribution >= 0.6 is 0 Å². The maximum Gasteiger partial charge on any atom is 0.179 e. The summed E-state index contributed by atoms with van der Waals surface area (Å²) in [5.41, 5.74) is 17.5. The lowest BCUT2D eigenvalue weighted by atomic mass is 9.95. The van der Waals surface area contributed by atoms with Gasteiger partial charge in [-0.3, -0.25) is 14.6 Å². The summed E-state index contributed by atoms with van der Waals surface area (Å²) in [6.45, 7) is 7.53. The Kier molecular flexibility index (Phi) is 9.31. The van der Waals surface area contributed by atoms with Crippen molar-refractivity contribution in [2.75, 3.05) is 66.5 Å². The monoisotopic (exact) mass is 596 g/mol. The Bertz CT molecular complexity index is 1430. The molecule has 0 spiro atoms. The van der Waals surface area contributed by atoms with Gasteiger partial charge < -0.3 is 21.3 Å². The molecule has 0 saturated carbocycles. The van der Waals surface area contributed by atoms with Gasteiger partial charge in [0.1, 0.15) is 12.1 Å². The van der Waals surface area contributed by atoms with Crippen molar-refractivity contribution in [3.05, 3.63) is 95.6 Å². The number of ketones is 1. The predicted octanol–water partition coefficient (Wildman–Crippen LogP) is 1.82. The number of hydrogen-bond donors (Lipinski definition) is 2. The summed E-state index contributed by atoms with van der Waals surface area (Å²) in [6.07, 6.45) is 3.90. The van der Waals surface area contributed by atoms with E-state index in [4.69, 9.17) is 21.7 Å². The summed E-state index contributed by atoms with van der Waals surface area (Å²) in [4.78, 5) is 24.3. The van der Waals surface area contributed by atoms with Crippen molar-refractivity contribution in [1.29, 1.82) is 0 Å². The van der Waals surface area contributed by atoms with Crippen LogP contribution in [-0.2, 0) is 17.9 Å². The molecule has 2 aromatic carbocycles. The highest BCUT2D eigenvalue weighted by Gasteiger charge is 2.40. The van der Waals surface area contributed by atoms with Gasteiger partial charge in [-0.25, -0.2) is 9.36 Å². The fraction of sp³-hybridized carbons (Fsp3) is 0.424. The molecule has 2 fully saturated rings. The molecule has 0 radical (unpaired) electrons. The standard InChI is InChI=1S/C33H44N10O/c1-38-15-19-40(20-16-38)31(27-11-13-42(36-27)29-9-5-3-7-25(29)23-34)33(44)32(41-21-17-39(2)18-22-41)28-12-14-43(37-28)30-10-6-4-8-26(30)24-35/h3-14,31-32H,15-24,34-35H2,1-2H3. The summed E-state index contributed by atoms with van der Waals surface area (Å²) in [5.74, 6) is 0.105. The van der Waals surface area contributed by atoms with E-state index in [1.165, 1.54) is 0 Å². The molecular formula is C33H44N10O. The number of piperazine rings is 2. The van der Waals surface area contributed by atoms with Gasteiger partial charge in [0.2, 0.25) is 0 Å². The third-order valence-electron chi connectivity index (χ3n) is 9.04. The molecule has 0 bridgehead atoms. The number of likely N-dealkylation sites (N-methyl/N-ethyl adjacent to an activating group) is 2. The Morgan fingerprint density at radius 3 is 1.41 bits per heavy atom. The first-order valence-electron chi connectivity index (χ1n) is 15.5. The number of carbonyl (C=O) groups excluding carboxylic acids is 1. The third kappa shape index (κ3) is 6.25. The maximum atomic E-state index is 15.1. The second-order valence-corrected chi connectivity index (χ2v) is 11.9. The average Bonchev–Trinajstić information content (AvgIpc) is 3.74. The molecule has 2 atom stereocenters. The molecule has 11 heteroatoms. The lowest BCUT2D eigenvalue weighted by Gasteiger charge is -2.41. The Labute approximate surface area is 259 Å². The predicted molar refractivity (Wildman–Crippen MR) is 172 cm³/mol. The van der Waals surface area contributed by atoms with Crippen LogP contribution < -0.4 is 11.5 Å². The van der Waals surface area contributed by atoms with Gasteiger partial charge >= 0.3 is 0 Å². The van der Waals surface area contributed by atoms with Crippen molar-refractivity contribution in [2.24, 2.45) is 11.5 Å². The molecule has 2 saturated heterocycles. The van der Waals surface area contributed by atoms with Gasteiger partial charge in [0.15, 0.2) is 5.78 Å². The van der Waals surface area contributed by atoms with Gasteiger partial charge in [0, 0.05) is 77.8 Å². The normalized spacial score (nSPS) is 18.8. The number of Topliss-reactive ketones (excluding diaryl/α,β-unsaturated/α-hetero) is 1. The largest absolute Gasteiger partial charge is 0.326 e. The Morgan fingerprint density at radius 1 is 0.636 bits per heavy atom.